The molecule has 0 aliphatic carbocycles. The number of oxazole rings is 1. The molecule has 0 aliphatic heterocycles. The van der Waals surface area contributed by atoms with Crippen LogP contribution in [0.1, 0.15) is 11.7 Å². The molecule has 0 amide bonds. The van der Waals surface area contributed by atoms with Crippen LogP contribution < -0.4 is 11.1 Å². The molecule has 6 heteroatoms. The summed E-state index contributed by atoms with van der Waals surface area (Å²) in [5.41, 5.74) is 5.60. The van der Waals surface area contributed by atoms with E-state index in [0.717, 1.165) is 5.76 Å². The first kappa shape index (κ1) is 9.45. The Bertz CT molecular complexity index is 453. The van der Waals surface area contributed by atoms with Crippen molar-refractivity contribution in [1.82, 2.24) is 15.0 Å². The van der Waals surface area contributed by atoms with Crippen molar-refractivity contribution in [3.05, 3.63) is 30.2 Å². The lowest BCUT2D eigenvalue weighted by atomic mass is 10.5. The third-order valence-electron chi connectivity index (χ3n) is 1.80. The Balaban J connectivity index is 2.02. The summed E-state index contributed by atoms with van der Waals surface area (Å²) < 4.78 is 5.28. The maximum absolute atomic E-state index is 5.60. The second-order valence-corrected chi connectivity index (χ2v) is 3.01. The molecule has 2 heterocycles. The first-order valence-corrected chi connectivity index (χ1v) is 4.47. The van der Waals surface area contributed by atoms with Crippen molar-refractivity contribution in [1.29, 1.82) is 0 Å². The predicted molar refractivity (Wildman–Crippen MR) is 55.0 cm³/mol. The fraction of sp³-hybridized carbons (Fsp3) is 0.222. The van der Waals surface area contributed by atoms with Crippen LogP contribution >= 0.6 is 0 Å². The molecule has 78 valence electrons. The Hall–Kier alpha value is -2.11. The first-order valence-electron chi connectivity index (χ1n) is 4.47. The van der Waals surface area contributed by atoms with E-state index in [2.05, 4.69) is 20.3 Å². The van der Waals surface area contributed by atoms with E-state index in [4.69, 9.17) is 10.2 Å². The maximum atomic E-state index is 5.60. The van der Waals surface area contributed by atoms with Crippen LogP contribution in [-0.4, -0.2) is 15.0 Å². The quantitative estimate of drug-likeness (QED) is 0.775. The number of hydrogen-bond acceptors (Lipinski definition) is 6. The highest BCUT2D eigenvalue weighted by Crippen LogP contribution is 2.11. The highest BCUT2D eigenvalue weighted by molar-refractivity contribution is 5.54. The second-order valence-electron chi connectivity index (χ2n) is 3.01. The van der Waals surface area contributed by atoms with Crippen molar-refractivity contribution in [3.8, 4) is 0 Å². The van der Waals surface area contributed by atoms with Gasteiger partial charge in [0, 0.05) is 12.4 Å². The molecule has 0 aliphatic rings. The normalized spacial score (nSPS) is 10.2. The minimum absolute atomic E-state index is 0.362. The Morgan fingerprint density at radius 2 is 2.13 bits per heavy atom. The summed E-state index contributed by atoms with van der Waals surface area (Å²) in [7, 11) is 0. The molecule has 0 bridgehead atoms. The molecule has 6 nitrogen and oxygen atoms in total. The summed E-state index contributed by atoms with van der Waals surface area (Å²) in [4.78, 5) is 12.0. The number of nitrogens with zero attached hydrogens (tertiary/aromatic N) is 3. The summed E-state index contributed by atoms with van der Waals surface area (Å²) in [5.74, 6) is 2.27. The lowest BCUT2D eigenvalue weighted by molar-refractivity contribution is 0.479. The van der Waals surface area contributed by atoms with Gasteiger partial charge in [0.25, 0.3) is 0 Å². The zero-order valence-corrected chi connectivity index (χ0v) is 8.27. The van der Waals surface area contributed by atoms with Crippen molar-refractivity contribution in [2.45, 2.75) is 13.5 Å². The molecule has 0 fully saturated rings. The summed E-state index contributed by atoms with van der Waals surface area (Å²) in [5, 5.41) is 2.99. The van der Waals surface area contributed by atoms with Crippen molar-refractivity contribution < 1.29 is 4.42 Å². The van der Waals surface area contributed by atoms with Crippen molar-refractivity contribution in [2.75, 3.05) is 11.1 Å². The van der Waals surface area contributed by atoms with Crippen LogP contribution in [0.25, 0.3) is 0 Å². The topological polar surface area (TPSA) is 89.9 Å². The zero-order valence-electron chi connectivity index (χ0n) is 8.27. The molecule has 0 saturated heterocycles. The Morgan fingerprint density at radius 1 is 1.33 bits per heavy atom. The number of nitrogens with two attached hydrogens (primary N) is 1. The van der Waals surface area contributed by atoms with Gasteiger partial charge in [0.2, 0.25) is 5.89 Å². The van der Waals surface area contributed by atoms with E-state index in [1.54, 1.807) is 12.4 Å². The monoisotopic (exact) mass is 205 g/mol. The maximum Gasteiger partial charge on any atom is 0.213 e. The van der Waals surface area contributed by atoms with Gasteiger partial charge in [-0.15, -0.1) is 0 Å². The number of aryl methyl sites for hydroxylation is 1. The van der Waals surface area contributed by atoms with Gasteiger partial charge >= 0.3 is 0 Å². The molecule has 0 radical (unpaired) electrons. The van der Waals surface area contributed by atoms with Crippen LogP contribution in [0.4, 0.5) is 11.6 Å². The molecule has 0 aromatic carbocycles. The van der Waals surface area contributed by atoms with Gasteiger partial charge in [-0.05, 0) is 6.92 Å². The minimum Gasteiger partial charge on any atom is -0.444 e. The molecule has 3 N–H and O–H groups in total. The zero-order chi connectivity index (χ0) is 10.7. The number of rotatable bonds is 3. The van der Waals surface area contributed by atoms with E-state index >= 15 is 0 Å². The highest BCUT2D eigenvalue weighted by atomic mass is 16.4. The summed E-state index contributed by atoms with van der Waals surface area (Å²) in [6.07, 6.45) is 4.77. The Labute approximate surface area is 86.6 Å². The van der Waals surface area contributed by atoms with Gasteiger partial charge in [-0.2, -0.15) is 0 Å². The lowest BCUT2D eigenvalue weighted by Crippen LogP contribution is -2.05. The summed E-state index contributed by atoms with van der Waals surface area (Å²) in [6, 6.07) is 0. The van der Waals surface area contributed by atoms with Crippen LogP contribution in [0.15, 0.2) is 23.0 Å². The van der Waals surface area contributed by atoms with Crippen molar-refractivity contribution in [3.63, 3.8) is 0 Å². The average Bonchev–Trinajstić information content (AvgIpc) is 2.63. The molecule has 2 aromatic heterocycles. The fourth-order valence-electron chi connectivity index (χ4n) is 1.13. The Morgan fingerprint density at radius 3 is 2.80 bits per heavy atom. The van der Waals surface area contributed by atoms with Crippen LogP contribution in [-0.2, 0) is 6.54 Å². The minimum atomic E-state index is 0.362. The number of hydrogen-bond donors (Lipinski definition) is 2. The van der Waals surface area contributed by atoms with E-state index in [1.165, 1.54) is 6.20 Å². The summed E-state index contributed by atoms with van der Waals surface area (Å²) in [6.45, 7) is 2.28. The molecular formula is C9H11N5O. The van der Waals surface area contributed by atoms with E-state index in [1.807, 2.05) is 6.92 Å². The van der Waals surface area contributed by atoms with Gasteiger partial charge in [-0.25, -0.2) is 15.0 Å². The number of nitrogens with one attached hydrogen (secondary N) is 1. The fourth-order valence-corrected chi connectivity index (χ4v) is 1.13. The standard InChI is InChI=1S/C9H11N5O/c1-6-4-13-7(15-6)5-14-9-8(10)11-2-3-12-9/h2-4H,5H2,1H3,(H2,10,11)(H,12,14). The van der Waals surface area contributed by atoms with Gasteiger partial charge in [0.1, 0.15) is 5.76 Å². The van der Waals surface area contributed by atoms with E-state index in [0.29, 0.717) is 24.1 Å². The first-order chi connectivity index (χ1) is 7.25. The van der Waals surface area contributed by atoms with Gasteiger partial charge < -0.3 is 15.5 Å². The smallest absolute Gasteiger partial charge is 0.213 e. The molecule has 2 rings (SSSR count). The van der Waals surface area contributed by atoms with Gasteiger partial charge in [-0.1, -0.05) is 0 Å². The van der Waals surface area contributed by atoms with Crippen LogP contribution in [0.3, 0.4) is 0 Å². The second kappa shape index (κ2) is 3.95. The third-order valence-corrected chi connectivity index (χ3v) is 1.80. The summed E-state index contributed by atoms with van der Waals surface area (Å²) >= 11 is 0. The molecule has 0 spiro atoms. The number of aromatic nitrogens is 3. The molecule has 0 unspecified atom stereocenters. The predicted octanol–water partition coefficient (Wildman–Crippen LogP) is 0.967. The molecule has 0 saturated carbocycles. The van der Waals surface area contributed by atoms with Gasteiger partial charge in [0.15, 0.2) is 11.6 Å². The van der Waals surface area contributed by atoms with E-state index < -0.39 is 0 Å². The number of anilines is 2. The SMILES string of the molecule is Cc1cnc(CNc2nccnc2N)o1. The lowest BCUT2D eigenvalue weighted by Gasteiger charge is -2.03. The van der Waals surface area contributed by atoms with Crippen LogP contribution in [0, 0.1) is 6.92 Å². The highest BCUT2D eigenvalue weighted by Gasteiger charge is 2.03. The number of nitrogen functional groups attached to an aromatic ring is 1. The van der Waals surface area contributed by atoms with Crippen molar-refractivity contribution >= 4 is 11.6 Å². The van der Waals surface area contributed by atoms with E-state index in [9.17, 15) is 0 Å². The van der Waals surface area contributed by atoms with Gasteiger partial charge in [-0.3, -0.25) is 0 Å². The third kappa shape index (κ3) is 2.22. The average molecular weight is 205 g/mol. The van der Waals surface area contributed by atoms with E-state index in [-0.39, 0.29) is 0 Å². The van der Waals surface area contributed by atoms with Crippen molar-refractivity contribution in [2.24, 2.45) is 0 Å². The van der Waals surface area contributed by atoms with Crippen LogP contribution in [0.5, 0.6) is 0 Å². The molecule has 2 aromatic rings. The van der Waals surface area contributed by atoms with Gasteiger partial charge in [0.05, 0.1) is 12.7 Å². The largest absolute Gasteiger partial charge is 0.444 e. The van der Waals surface area contributed by atoms with Crippen LogP contribution in [0.2, 0.25) is 0 Å². The molecule has 15 heavy (non-hydrogen) atoms. The Kier molecular flexibility index (Phi) is 2.49. The molecular weight excluding hydrogens is 194 g/mol. The molecule has 0 atom stereocenters.